The summed E-state index contributed by atoms with van der Waals surface area (Å²) in [5.74, 6) is 0. The van der Waals surface area contributed by atoms with Crippen molar-refractivity contribution in [2.45, 2.75) is 25.9 Å². The molecule has 0 aromatic heterocycles. The lowest BCUT2D eigenvalue weighted by Crippen LogP contribution is -2.34. The second-order valence-corrected chi connectivity index (χ2v) is 2.44. The van der Waals surface area contributed by atoms with Crippen molar-refractivity contribution in [1.29, 1.82) is 0 Å². The van der Waals surface area contributed by atoms with Crippen molar-refractivity contribution in [3.63, 3.8) is 0 Å². The maximum absolute atomic E-state index is 5.14. The van der Waals surface area contributed by atoms with E-state index in [1.54, 1.807) is 6.21 Å². The Hall–Kier alpha value is -0.280. The van der Waals surface area contributed by atoms with Crippen molar-refractivity contribution in [1.82, 2.24) is 5.32 Å². The molecule has 4 heteroatoms. The fourth-order valence-electron chi connectivity index (χ4n) is 1.06. The summed E-state index contributed by atoms with van der Waals surface area (Å²) in [7, 11) is 0. The SMILES string of the molecule is C/C=N/OC1CCCNC1.Cl. The zero-order valence-corrected chi connectivity index (χ0v) is 7.56. The monoisotopic (exact) mass is 178 g/mol. The van der Waals surface area contributed by atoms with Gasteiger partial charge in [-0.3, -0.25) is 0 Å². The maximum atomic E-state index is 5.14. The van der Waals surface area contributed by atoms with Gasteiger partial charge in [-0.15, -0.1) is 12.4 Å². The average molecular weight is 179 g/mol. The lowest BCUT2D eigenvalue weighted by molar-refractivity contribution is 0.0428. The van der Waals surface area contributed by atoms with Crippen molar-refractivity contribution < 1.29 is 4.84 Å². The smallest absolute Gasteiger partial charge is 0.139 e. The molecule has 1 fully saturated rings. The number of nitrogens with one attached hydrogen (secondary N) is 1. The molecule has 0 radical (unpaired) electrons. The summed E-state index contributed by atoms with van der Waals surface area (Å²) in [6, 6.07) is 0. The number of piperidine rings is 1. The highest BCUT2D eigenvalue weighted by Gasteiger charge is 2.12. The zero-order chi connectivity index (χ0) is 7.23. The molecule has 0 saturated carbocycles. The van der Waals surface area contributed by atoms with Crippen molar-refractivity contribution in [3.8, 4) is 0 Å². The van der Waals surface area contributed by atoms with Crippen molar-refractivity contribution >= 4 is 18.6 Å². The molecule has 3 nitrogen and oxygen atoms in total. The van der Waals surface area contributed by atoms with Crippen LogP contribution < -0.4 is 5.32 Å². The molecule has 11 heavy (non-hydrogen) atoms. The fraction of sp³-hybridized carbons (Fsp3) is 0.857. The first kappa shape index (κ1) is 10.7. The van der Waals surface area contributed by atoms with Gasteiger partial charge in [0.25, 0.3) is 0 Å². The lowest BCUT2D eigenvalue weighted by atomic mass is 10.1. The molecule has 0 aromatic carbocycles. The van der Waals surface area contributed by atoms with Gasteiger partial charge in [0.2, 0.25) is 0 Å². The van der Waals surface area contributed by atoms with Crippen LogP contribution in [0.25, 0.3) is 0 Å². The molecular formula is C7H15ClN2O. The normalized spacial score (nSPS) is 24.6. The Morgan fingerprint density at radius 1 is 1.64 bits per heavy atom. The van der Waals surface area contributed by atoms with Gasteiger partial charge in [-0.25, -0.2) is 0 Å². The van der Waals surface area contributed by atoms with Crippen molar-refractivity contribution in [3.05, 3.63) is 0 Å². The molecule has 66 valence electrons. The minimum absolute atomic E-state index is 0. The van der Waals surface area contributed by atoms with E-state index in [0.717, 1.165) is 19.5 Å². The second-order valence-electron chi connectivity index (χ2n) is 2.44. The van der Waals surface area contributed by atoms with E-state index in [4.69, 9.17) is 4.84 Å². The molecular weight excluding hydrogens is 164 g/mol. The number of rotatable bonds is 2. The van der Waals surface area contributed by atoms with E-state index in [9.17, 15) is 0 Å². The molecule has 1 heterocycles. The van der Waals surface area contributed by atoms with Gasteiger partial charge in [-0.05, 0) is 26.3 Å². The minimum atomic E-state index is 0. The highest BCUT2D eigenvalue weighted by Crippen LogP contribution is 2.05. The van der Waals surface area contributed by atoms with E-state index in [0.29, 0.717) is 6.10 Å². The van der Waals surface area contributed by atoms with E-state index < -0.39 is 0 Å². The molecule has 1 aliphatic heterocycles. The summed E-state index contributed by atoms with van der Waals surface area (Å²) in [5, 5.41) is 6.98. The van der Waals surface area contributed by atoms with Crippen molar-refractivity contribution in [2.24, 2.45) is 5.16 Å². The predicted octanol–water partition coefficient (Wildman–Crippen LogP) is 1.18. The van der Waals surface area contributed by atoms with Crippen LogP contribution in [-0.4, -0.2) is 25.4 Å². The Kier molecular flexibility index (Phi) is 6.27. The summed E-state index contributed by atoms with van der Waals surface area (Å²) in [6.07, 6.45) is 4.30. The third-order valence-electron chi connectivity index (χ3n) is 1.57. The molecule has 1 aliphatic rings. The number of nitrogens with zero attached hydrogens (tertiary/aromatic N) is 1. The van der Waals surface area contributed by atoms with Crippen LogP contribution in [0.3, 0.4) is 0 Å². The van der Waals surface area contributed by atoms with E-state index in [1.165, 1.54) is 6.42 Å². The quantitative estimate of drug-likeness (QED) is 0.509. The van der Waals surface area contributed by atoms with Crippen LogP contribution in [-0.2, 0) is 4.84 Å². The lowest BCUT2D eigenvalue weighted by Gasteiger charge is -2.20. The van der Waals surface area contributed by atoms with E-state index >= 15 is 0 Å². The van der Waals surface area contributed by atoms with Crippen LogP contribution in [0, 0.1) is 0 Å². The van der Waals surface area contributed by atoms with E-state index in [-0.39, 0.29) is 12.4 Å². The number of oxime groups is 1. The number of halogens is 1. The summed E-state index contributed by atoms with van der Waals surface area (Å²) in [4.78, 5) is 5.14. The summed E-state index contributed by atoms with van der Waals surface area (Å²) in [6.45, 7) is 3.92. The fourth-order valence-corrected chi connectivity index (χ4v) is 1.06. The predicted molar refractivity (Wildman–Crippen MR) is 48.4 cm³/mol. The van der Waals surface area contributed by atoms with Crippen LogP contribution in [0.4, 0.5) is 0 Å². The molecule has 0 aliphatic carbocycles. The third kappa shape index (κ3) is 4.22. The standard InChI is InChI=1S/C7H14N2O.ClH/c1-2-9-10-7-4-3-5-8-6-7;/h2,7-8H,3-6H2,1H3;1H/b9-2+;. The maximum Gasteiger partial charge on any atom is 0.139 e. The van der Waals surface area contributed by atoms with Gasteiger partial charge in [-0.1, -0.05) is 5.16 Å². The van der Waals surface area contributed by atoms with Gasteiger partial charge in [0, 0.05) is 12.8 Å². The Balaban J connectivity index is 0.000001000. The Bertz CT molecular complexity index is 113. The minimum Gasteiger partial charge on any atom is -0.391 e. The van der Waals surface area contributed by atoms with Gasteiger partial charge in [0.05, 0.1) is 0 Å². The third-order valence-corrected chi connectivity index (χ3v) is 1.57. The van der Waals surface area contributed by atoms with Crippen LogP contribution in [0.2, 0.25) is 0 Å². The topological polar surface area (TPSA) is 33.6 Å². The number of hydrogen-bond acceptors (Lipinski definition) is 3. The van der Waals surface area contributed by atoms with Crippen LogP contribution >= 0.6 is 12.4 Å². The highest BCUT2D eigenvalue weighted by atomic mass is 35.5. The Morgan fingerprint density at radius 3 is 3.00 bits per heavy atom. The average Bonchev–Trinajstić information content (AvgIpc) is 2.03. The summed E-state index contributed by atoms with van der Waals surface area (Å²) >= 11 is 0. The van der Waals surface area contributed by atoms with Crippen LogP contribution in [0.5, 0.6) is 0 Å². The van der Waals surface area contributed by atoms with Gasteiger partial charge >= 0.3 is 0 Å². The molecule has 0 bridgehead atoms. The van der Waals surface area contributed by atoms with Gasteiger partial charge < -0.3 is 10.2 Å². The molecule has 1 unspecified atom stereocenters. The molecule has 0 spiro atoms. The molecule has 1 rings (SSSR count). The van der Waals surface area contributed by atoms with Crippen molar-refractivity contribution in [2.75, 3.05) is 13.1 Å². The molecule has 1 atom stereocenters. The van der Waals surface area contributed by atoms with Gasteiger partial charge in [-0.2, -0.15) is 0 Å². The van der Waals surface area contributed by atoms with Crippen LogP contribution in [0.1, 0.15) is 19.8 Å². The first-order chi connectivity index (χ1) is 4.93. The summed E-state index contributed by atoms with van der Waals surface area (Å²) < 4.78 is 0. The molecule has 0 amide bonds. The molecule has 1 N–H and O–H groups in total. The first-order valence-electron chi connectivity index (χ1n) is 3.78. The highest BCUT2D eigenvalue weighted by molar-refractivity contribution is 5.85. The first-order valence-corrected chi connectivity index (χ1v) is 3.78. The Labute approximate surface area is 73.6 Å². The molecule has 1 saturated heterocycles. The Morgan fingerprint density at radius 2 is 2.45 bits per heavy atom. The second kappa shape index (κ2) is 6.43. The molecule has 0 aromatic rings. The zero-order valence-electron chi connectivity index (χ0n) is 6.75. The van der Waals surface area contributed by atoms with Crippen LogP contribution in [0.15, 0.2) is 5.16 Å². The summed E-state index contributed by atoms with van der Waals surface area (Å²) in [5.41, 5.74) is 0. The van der Waals surface area contributed by atoms with E-state index in [1.807, 2.05) is 6.92 Å². The van der Waals surface area contributed by atoms with E-state index in [2.05, 4.69) is 10.5 Å². The number of hydrogen-bond donors (Lipinski definition) is 1. The largest absolute Gasteiger partial charge is 0.391 e. The van der Waals surface area contributed by atoms with Gasteiger partial charge in [0.1, 0.15) is 6.10 Å². The van der Waals surface area contributed by atoms with Gasteiger partial charge in [0.15, 0.2) is 0 Å².